The van der Waals surface area contributed by atoms with Crippen molar-refractivity contribution in [1.82, 2.24) is 4.98 Å². The van der Waals surface area contributed by atoms with Crippen LogP contribution in [0, 0.1) is 13.8 Å². The summed E-state index contributed by atoms with van der Waals surface area (Å²) in [5.41, 5.74) is 4.25. The van der Waals surface area contributed by atoms with E-state index < -0.39 is 12.1 Å². The van der Waals surface area contributed by atoms with Crippen LogP contribution in [-0.4, -0.2) is 16.7 Å². The Morgan fingerprint density at radius 2 is 1.59 bits per heavy atom. The summed E-state index contributed by atoms with van der Waals surface area (Å²) in [4.78, 5) is 29.5. The molecule has 4 nitrogen and oxygen atoms in total. The fraction of sp³-hybridized carbons (Fsp3) is 0.120. The number of rotatable bonds is 5. The van der Waals surface area contributed by atoms with Gasteiger partial charge in [0.05, 0.1) is 5.56 Å². The summed E-state index contributed by atoms with van der Waals surface area (Å²) < 4.78 is 5.79. The maximum absolute atomic E-state index is 13.4. The van der Waals surface area contributed by atoms with E-state index in [1.54, 1.807) is 24.4 Å². The molecule has 3 aromatic carbocycles. The number of carbonyl (C=O) groups is 2. The lowest BCUT2D eigenvalue weighted by molar-refractivity contribution is 0.0280. The van der Waals surface area contributed by atoms with Crippen molar-refractivity contribution in [2.75, 3.05) is 0 Å². The van der Waals surface area contributed by atoms with Crippen LogP contribution in [-0.2, 0) is 4.74 Å². The van der Waals surface area contributed by atoms with Gasteiger partial charge < -0.3 is 9.72 Å². The van der Waals surface area contributed by atoms with Gasteiger partial charge in [-0.1, -0.05) is 66.2 Å². The Morgan fingerprint density at radius 1 is 0.862 bits per heavy atom. The fourth-order valence-corrected chi connectivity index (χ4v) is 3.44. The molecule has 0 saturated heterocycles. The number of ether oxygens (including phenoxy) is 1. The van der Waals surface area contributed by atoms with Crippen molar-refractivity contribution < 1.29 is 14.3 Å². The van der Waals surface area contributed by atoms with Gasteiger partial charge in [-0.3, -0.25) is 4.79 Å². The van der Waals surface area contributed by atoms with Crippen molar-refractivity contribution in [3.05, 3.63) is 107 Å². The number of H-pyrrole nitrogens is 1. The number of nitrogens with one attached hydrogen (secondary N) is 1. The van der Waals surface area contributed by atoms with Crippen LogP contribution in [0.5, 0.6) is 0 Å². The summed E-state index contributed by atoms with van der Waals surface area (Å²) in [6.07, 6.45) is 0.650. The molecule has 0 aliphatic rings. The van der Waals surface area contributed by atoms with Gasteiger partial charge in [-0.25, -0.2) is 4.79 Å². The highest BCUT2D eigenvalue weighted by atomic mass is 16.5. The highest BCUT2D eigenvalue weighted by Crippen LogP contribution is 2.28. The molecular formula is C25H21NO3. The molecule has 1 unspecified atom stereocenters. The first-order valence-electron chi connectivity index (χ1n) is 9.48. The van der Waals surface area contributed by atoms with Crippen molar-refractivity contribution in [3.8, 4) is 0 Å². The molecule has 0 aliphatic heterocycles. The van der Waals surface area contributed by atoms with E-state index in [9.17, 15) is 9.59 Å². The number of aryl methyl sites for hydroxylation is 2. The van der Waals surface area contributed by atoms with Gasteiger partial charge in [0.1, 0.15) is 0 Å². The molecule has 0 aliphatic carbocycles. The van der Waals surface area contributed by atoms with E-state index in [4.69, 9.17) is 4.74 Å². The van der Waals surface area contributed by atoms with Gasteiger partial charge in [0.2, 0.25) is 5.78 Å². The normalized spacial score (nSPS) is 11.9. The summed E-state index contributed by atoms with van der Waals surface area (Å²) in [7, 11) is 0. The molecule has 1 atom stereocenters. The zero-order valence-corrected chi connectivity index (χ0v) is 16.3. The lowest BCUT2D eigenvalue weighted by Gasteiger charge is -2.18. The smallest absolute Gasteiger partial charge is 0.339 e. The minimum absolute atomic E-state index is 0.257. The van der Waals surface area contributed by atoms with Gasteiger partial charge in [-0.15, -0.1) is 0 Å². The molecule has 144 valence electrons. The second kappa shape index (κ2) is 7.76. The Kier molecular flexibility index (Phi) is 5.00. The zero-order valence-electron chi connectivity index (χ0n) is 16.3. The lowest BCUT2D eigenvalue weighted by Crippen LogP contribution is -2.20. The van der Waals surface area contributed by atoms with Crippen LogP contribution in [0.25, 0.3) is 10.9 Å². The molecule has 4 heteroatoms. The number of aromatic nitrogens is 1. The number of hydrogen-bond donors (Lipinski definition) is 1. The fourth-order valence-electron chi connectivity index (χ4n) is 3.44. The second-order valence-corrected chi connectivity index (χ2v) is 7.13. The monoisotopic (exact) mass is 383 g/mol. The molecule has 0 radical (unpaired) electrons. The van der Waals surface area contributed by atoms with Crippen molar-refractivity contribution >= 4 is 22.7 Å². The molecule has 1 heterocycles. The van der Waals surface area contributed by atoms with Gasteiger partial charge in [0.25, 0.3) is 0 Å². The molecule has 1 aromatic heterocycles. The number of aromatic amines is 1. The highest BCUT2D eigenvalue weighted by Gasteiger charge is 2.29. The van der Waals surface area contributed by atoms with Crippen LogP contribution in [0.2, 0.25) is 0 Å². The van der Waals surface area contributed by atoms with Gasteiger partial charge >= 0.3 is 5.97 Å². The number of fused-ring (bicyclic) bond motifs is 1. The van der Waals surface area contributed by atoms with Crippen LogP contribution in [0.3, 0.4) is 0 Å². The summed E-state index contributed by atoms with van der Waals surface area (Å²) >= 11 is 0. The highest BCUT2D eigenvalue weighted by molar-refractivity contribution is 6.11. The van der Waals surface area contributed by atoms with E-state index in [-0.39, 0.29) is 5.78 Å². The topological polar surface area (TPSA) is 59.2 Å². The molecule has 29 heavy (non-hydrogen) atoms. The summed E-state index contributed by atoms with van der Waals surface area (Å²) in [6.45, 7) is 3.77. The van der Waals surface area contributed by atoms with E-state index in [0.29, 0.717) is 16.7 Å². The maximum Gasteiger partial charge on any atom is 0.339 e. The summed E-state index contributed by atoms with van der Waals surface area (Å²) in [6, 6.07) is 22.3. The number of benzene rings is 3. The second-order valence-electron chi connectivity index (χ2n) is 7.13. The standard InChI is InChI=1S/C25H21NO3/c1-16-12-13-17(2)20(14-16)25(28)29-24(18-8-4-3-5-9-18)23(27)21-15-26-22-11-7-6-10-19(21)22/h3-15,24,26H,1-2H3. The van der Waals surface area contributed by atoms with Crippen LogP contribution in [0.15, 0.2) is 79.0 Å². The van der Waals surface area contributed by atoms with E-state index in [1.165, 1.54) is 0 Å². The number of Topliss-reactive ketones (excluding diaryl/α,β-unsaturated/α-hetero) is 1. The van der Waals surface area contributed by atoms with E-state index in [0.717, 1.165) is 22.0 Å². The summed E-state index contributed by atoms with van der Waals surface area (Å²) in [5, 5.41) is 0.807. The third kappa shape index (κ3) is 3.69. The Labute approximate surface area is 169 Å². The molecule has 0 amide bonds. The number of para-hydroxylation sites is 1. The molecule has 0 spiro atoms. The van der Waals surface area contributed by atoms with Gasteiger partial charge in [-0.05, 0) is 31.5 Å². The number of hydrogen-bond acceptors (Lipinski definition) is 3. The first-order chi connectivity index (χ1) is 14.0. The lowest BCUT2D eigenvalue weighted by atomic mass is 9.99. The summed E-state index contributed by atoms with van der Waals surface area (Å²) in [5.74, 6) is -0.763. The molecule has 1 N–H and O–H groups in total. The number of ketones is 1. The third-order valence-electron chi connectivity index (χ3n) is 5.03. The first-order valence-corrected chi connectivity index (χ1v) is 9.48. The van der Waals surface area contributed by atoms with Crippen LogP contribution in [0.1, 0.15) is 43.5 Å². The predicted octanol–water partition coefficient (Wildman–Crippen LogP) is 5.57. The molecule has 0 saturated carbocycles. The third-order valence-corrected chi connectivity index (χ3v) is 5.03. The SMILES string of the molecule is Cc1ccc(C)c(C(=O)OC(C(=O)c2c[nH]c3ccccc23)c2ccccc2)c1. The average Bonchev–Trinajstić information content (AvgIpc) is 3.18. The molecule has 0 bridgehead atoms. The van der Waals surface area contributed by atoms with Gasteiger partial charge in [-0.2, -0.15) is 0 Å². The van der Waals surface area contributed by atoms with E-state index in [2.05, 4.69) is 4.98 Å². The van der Waals surface area contributed by atoms with Crippen LogP contribution in [0.4, 0.5) is 0 Å². The Morgan fingerprint density at radius 3 is 2.38 bits per heavy atom. The first kappa shape index (κ1) is 18.7. The largest absolute Gasteiger partial charge is 0.445 e. The van der Waals surface area contributed by atoms with Crippen molar-refractivity contribution in [2.45, 2.75) is 20.0 Å². The zero-order chi connectivity index (χ0) is 20.4. The quantitative estimate of drug-likeness (QED) is 0.362. The van der Waals surface area contributed by atoms with Gasteiger partial charge in [0, 0.05) is 28.2 Å². The van der Waals surface area contributed by atoms with Crippen molar-refractivity contribution in [1.29, 1.82) is 0 Å². The number of esters is 1. The average molecular weight is 383 g/mol. The minimum Gasteiger partial charge on any atom is -0.445 e. The molecule has 4 rings (SSSR count). The Balaban J connectivity index is 1.73. The molecule has 0 fully saturated rings. The predicted molar refractivity (Wildman–Crippen MR) is 113 cm³/mol. The molecular weight excluding hydrogens is 362 g/mol. The molecule has 4 aromatic rings. The minimum atomic E-state index is -1.03. The van der Waals surface area contributed by atoms with E-state index in [1.807, 2.05) is 68.4 Å². The number of carbonyl (C=O) groups excluding carboxylic acids is 2. The van der Waals surface area contributed by atoms with Crippen LogP contribution >= 0.6 is 0 Å². The Bertz CT molecular complexity index is 1190. The van der Waals surface area contributed by atoms with Gasteiger partial charge in [0.15, 0.2) is 6.10 Å². The Hall–Kier alpha value is -3.66. The van der Waals surface area contributed by atoms with Crippen molar-refractivity contribution in [3.63, 3.8) is 0 Å². The van der Waals surface area contributed by atoms with E-state index >= 15 is 0 Å². The van der Waals surface area contributed by atoms with Crippen LogP contribution < -0.4 is 0 Å². The van der Waals surface area contributed by atoms with Crippen molar-refractivity contribution in [2.24, 2.45) is 0 Å². The maximum atomic E-state index is 13.4.